The van der Waals surface area contributed by atoms with Gasteiger partial charge in [-0.05, 0) is 60.0 Å². The summed E-state index contributed by atoms with van der Waals surface area (Å²) in [7, 11) is -0.521. The van der Waals surface area contributed by atoms with E-state index in [4.69, 9.17) is 0 Å². The Labute approximate surface area is 165 Å². The van der Waals surface area contributed by atoms with Gasteiger partial charge in [-0.1, -0.05) is 105 Å². The molecule has 0 N–H and O–H groups in total. The normalized spacial score (nSPS) is 19.7. The molecule has 0 nitrogen and oxygen atoms in total. The Bertz CT molecular complexity index is 814. The summed E-state index contributed by atoms with van der Waals surface area (Å²) in [6.07, 6.45) is 4.09. The van der Waals surface area contributed by atoms with Gasteiger partial charge >= 0.3 is 0 Å². The van der Waals surface area contributed by atoms with Crippen molar-refractivity contribution in [3.8, 4) is 0 Å². The molecule has 1 aliphatic rings. The van der Waals surface area contributed by atoms with Gasteiger partial charge in [0.25, 0.3) is 0 Å². The van der Waals surface area contributed by atoms with Crippen molar-refractivity contribution in [1.29, 1.82) is 0 Å². The zero-order valence-corrected chi connectivity index (χ0v) is 17.3. The van der Waals surface area contributed by atoms with Crippen molar-refractivity contribution >= 4 is 23.8 Å². The summed E-state index contributed by atoms with van der Waals surface area (Å²) in [5.74, 6) is 2.28. The first kappa shape index (κ1) is 18.5. The SMILES string of the molecule is CC(C)C1CCCC1c1ccccc1P(c1ccccc1)c1ccccc1. The van der Waals surface area contributed by atoms with Crippen molar-refractivity contribution in [2.75, 3.05) is 0 Å². The second-order valence-corrected chi connectivity index (χ2v) is 10.2. The minimum absolute atomic E-state index is 0.521. The first-order valence-electron chi connectivity index (χ1n) is 10.2. The van der Waals surface area contributed by atoms with Crippen LogP contribution < -0.4 is 15.9 Å². The molecule has 2 unspecified atom stereocenters. The Morgan fingerprint density at radius 1 is 0.704 bits per heavy atom. The van der Waals surface area contributed by atoms with E-state index in [1.54, 1.807) is 10.9 Å². The molecular weight excluding hydrogens is 343 g/mol. The lowest BCUT2D eigenvalue weighted by atomic mass is 9.82. The van der Waals surface area contributed by atoms with Gasteiger partial charge < -0.3 is 0 Å². The van der Waals surface area contributed by atoms with Gasteiger partial charge in [0.2, 0.25) is 0 Å². The minimum atomic E-state index is -0.521. The number of hydrogen-bond acceptors (Lipinski definition) is 0. The van der Waals surface area contributed by atoms with Crippen LogP contribution in [0.5, 0.6) is 0 Å². The Balaban J connectivity index is 1.85. The van der Waals surface area contributed by atoms with Gasteiger partial charge in [-0.15, -0.1) is 0 Å². The van der Waals surface area contributed by atoms with Gasteiger partial charge in [0.05, 0.1) is 0 Å². The molecule has 0 aromatic heterocycles. The molecule has 0 amide bonds. The Hall–Kier alpha value is -1.91. The first-order chi connectivity index (χ1) is 13.3. The fourth-order valence-electron chi connectivity index (χ4n) is 4.76. The van der Waals surface area contributed by atoms with E-state index in [0.717, 1.165) is 11.8 Å². The Morgan fingerprint density at radius 3 is 1.85 bits per heavy atom. The van der Waals surface area contributed by atoms with Gasteiger partial charge in [-0.3, -0.25) is 0 Å². The van der Waals surface area contributed by atoms with Gasteiger partial charge in [-0.25, -0.2) is 0 Å². The van der Waals surface area contributed by atoms with Crippen LogP contribution in [0, 0.1) is 11.8 Å². The zero-order chi connectivity index (χ0) is 18.6. The number of hydrogen-bond donors (Lipinski definition) is 0. The van der Waals surface area contributed by atoms with E-state index >= 15 is 0 Å². The summed E-state index contributed by atoms with van der Waals surface area (Å²) in [5, 5.41) is 4.46. The summed E-state index contributed by atoms with van der Waals surface area (Å²) in [6.45, 7) is 4.81. The van der Waals surface area contributed by atoms with Crippen molar-refractivity contribution in [3.63, 3.8) is 0 Å². The highest BCUT2D eigenvalue weighted by Crippen LogP contribution is 2.46. The summed E-state index contributed by atoms with van der Waals surface area (Å²) in [6, 6.07) is 31.5. The van der Waals surface area contributed by atoms with E-state index in [0.29, 0.717) is 5.92 Å². The largest absolute Gasteiger partial charge is 0.0625 e. The van der Waals surface area contributed by atoms with E-state index in [1.165, 1.54) is 29.9 Å². The molecule has 3 aromatic rings. The average Bonchev–Trinajstić information content (AvgIpc) is 3.20. The maximum atomic E-state index is 2.42. The van der Waals surface area contributed by atoms with Crippen molar-refractivity contribution in [2.24, 2.45) is 11.8 Å². The molecule has 1 saturated carbocycles. The Morgan fingerprint density at radius 2 is 1.26 bits per heavy atom. The van der Waals surface area contributed by atoms with Crippen LogP contribution >= 0.6 is 7.92 Å². The molecular formula is C26H29P. The first-order valence-corrected chi connectivity index (χ1v) is 11.6. The lowest BCUT2D eigenvalue weighted by molar-refractivity contribution is 0.358. The molecule has 1 heteroatoms. The highest BCUT2D eigenvalue weighted by atomic mass is 31.1. The van der Waals surface area contributed by atoms with E-state index in [1.807, 2.05) is 0 Å². The minimum Gasteiger partial charge on any atom is -0.0625 e. The van der Waals surface area contributed by atoms with Gasteiger partial charge in [0, 0.05) is 0 Å². The van der Waals surface area contributed by atoms with Crippen molar-refractivity contribution in [1.82, 2.24) is 0 Å². The molecule has 2 atom stereocenters. The molecule has 0 bridgehead atoms. The predicted octanol–water partition coefficient (Wildman–Crippen LogP) is 5.98. The molecule has 0 aliphatic heterocycles. The fraction of sp³-hybridized carbons (Fsp3) is 0.308. The Kier molecular flexibility index (Phi) is 5.74. The van der Waals surface area contributed by atoms with Gasteiger partial charge in [-0.2, -0.15) is 0 Å². The van der Waals surface area contributed by atoms with Crippen molar-refractivity contribution in [2.45, 2.75) is 39.0 Å². The third-order valence-corrected chi connectivity index (χ3v) is 8.55. The molecule has 0 spiro atoms. The summed E-state index contributed by atoms with van der Waals surface area (Å²) < 4.78 is 0. The van der Waals surface area contributed by atoms with E-state index in [9.17, 15) is 0 Å². The van der Waals surface area contributed by atoms with E-state index in [-0.39, 0.29) is 0 Å². The quantitative estimate of drug-likeness (QED) is 0.483. The monoisotopic (exact) mass is 372 g/mol. The van der Waals surface area contributed by atoms with Crippen LogP contribution in [0.15, 0.2) is 84.9 Å². The summed E-state index contributed by atoms with van der Waals surface area (Å²) in [5.41, 5.74) is 1.60. The van der Waals surface area contributed by atoms with Gasteiger partial charge in [0.15, 0.2) is 0 Å². The second kappa shape index (κ2) is 8.41. The molecule has 1 aliphatic carbocycles. The highest BCUT2D eigenvalue weighted by Gasteiger charge is 2.33. The van der Waals surface area contributed by atoms with Crippen LogP contribution in [-0.4, -0.2) is 0 Å². The van der Waals surface area contributed by atoms with Gasteiger partial charge in [0.1, 0.15) is 0 Å². The predicted molar refractivity (Wildman–Crippen MR) is 120 cm³/mol. The van der Waals surface area contributed by atoms with Crippen LogP contribution in [0.3, 0.4) is 0 Å². The average molecular weight is 372 g/mol. The van der Waals surface area contributed by atoms with Crippen LogP contribution in [0.25, 0.3) is 0 Å². The summed E-state index contributed by atoms with van der Waals surface area (Å²) in [4.78, 5) is 0. The number of rotatable bonds is 5. The fourth-order valence-corrected chi connectivity index (χ4v) is 7.29. The summed E-state index contributed by atoms with van der Waals surface area (Å²) >= 11 is 0. The third-order valence-electron chi connectivity index (χ3n) is 6.03. The molecule has 1 fully saturated rings. The number of benzene rings is 3. The molecule has 138 valence electrons. The standard InChI is InChI=1S/C26H29P/c1-20(2)23-17-11-18-24(23)25-16-9-10-19-26(25)27(21-12-5-3-6-13-21)22-14-7-4-8-15-22/h3-10,12-16,19-20,23-24H,11,17-18H2,1-2H3. The molecule has 0 saturated heterocycles. The molecule has 0 heterocycles. The molecule has 4 rings (SSSR count). The van der Waals surface area contributed by atoms with Crippen LogP contribution in [-0.2, 0) is 0 Å². The van der Waals surface area contributed by atoms with E-state index in [2.05, 4.69) is 98.8 Å². The van der Waals surface area contributed by atoms with Crippen LogP contribution in [0.1, 0.15) is 44.6 Å². The topological polar surface area (TPSA) is 0 Å². The maximum absolute atomic E-state index is 2.42. The smallest absolute Gasteiger partial charge is 0.0116 e. The van der Waals surface area contributed by atoms with Crippen molar-refractivity contribution < 1.29 is 0 Å². The van der Waals surface area contributed by atoms with Crippen LogP contribution in [0.2, 0.25) is 0 Å². The highest BCUT2D eigenvalue weighted by molar-refractivity contribution is 7.79. The zero-order valence-electron chi connectivity index (χ0n) is 16.4. The molecule has 3 aromatic carbocycles. The molecule has 0 radical (unpaired) electrons. The lowest BCUT2D eigenvalue weighted by Crippen LogP contribution is -2.26. The van der Waals surface area contributed by atoms with E-state index < -0.39 is 7.92 Å². The van der Waals surface area contributed by atoms with Crippen LogP contribution in [0.4, 0.5) is 0 Å². The van der Waals surface area contributed by atoms with Crippen molar-refractivity contribution in [3.05, 3.63) is 90.5 Å². The molecule has 27 heavy (non-hydrogen) atoms. The lowest BCUT2D eigenvalue weighted by Gasteiger charge is -2.29. The second-order valence-electron chi connectivity index (χ2n) is 8.01. The third kappa shape index (κ3) is 3.87. The maximum Gasteiger partial charge on any atom is -0.0116 e.